The molecule has 3 atom stereocenters. The number of rotatable bonds is 5. The Kier molecular flexibility index (Phi) is 6.90. The van der Waals surface area contributed by atoms with Crippen LogP contribution in [0.1, 0.15) is 76.7 Å². The summed E-state index contributed by atoms with van der Waals surface area (Å²) in [5, 5.41) is 12.0. The second-order valence-corrected chi connectivity index (χ2v) is 11.4. The predicted octanol–water partition coefficient (Wildman–Crippen LogP) is 3.83. The highest BCUT2D eigenvalue weighted by Gasteiger charge is 2.70. The van der Waals surface area contributed by atoms with Crippen molar-refractivity contribution in [3.63, 3.8) is 0 Å². The standard InChI is InChI=1S/C27H26F6N10O2/c1-11(44)19-20(14-7-15-4-5-16(8-14)42(15)24(45)22-38-12(2)40-41-22)39-23-17(10-37-43(23)21(19)34)13-3-6-18(36-9-13)25(35,26(28,29)30)27(31,32)33/h3,6,9-10,14-16H,4-5,7-8,34-35H2,1-2H3,(H,38,40,41)/t14-,15-,16+. The summed E-state index contributed by atoms with van der Waals surface area (Å²) >= 11 is 0. The number of Topliss-reactive ketones (excluding diaryl/α,β-unsaturated/α-hetero) is 1. The molecule has 0 spiro atoms. The van der Waals surface area contributed by atoms with Gasteiger partial charge in [-0.3, -0.25) is 14.6 Å². The summed E-state index contributed by atoms with van der Waals surface area (Å²) in [4.78, 5) is 38.9. The number of nitrogen functional groups attached to an aromatic ring is 1. The number of alkyl halides is 6. The van der Waals surface area contributed by atoms with E-state index in [2.05, 4.69) is 25.3 Å². The van der Waals surface area contributed by atoms with E-state index in [1.54, 1.807) is 11.8 Å². The zero-order valence-corrected chi connectivity index (χ0v) is 23.7. The zero-order chi connectivity index (χ0) is 32.6. The molecule has 18 heteroatoms. The van der Waals surface area contributed by atoms with Crippen molar-refractivity contribution in [3.8, 4) is 11.1 Å². The summed E-state index contributed by atoms with van der Waals surface area (Å²) in [7, 11) is 0. The minimum Gasteiger partial charge on any atom is -0.383 e. The molecule has 4 aromatic rings. The number of ketones is 1. The number of aryl methyl sites for hydroxylation is 1. The van der Waals surface area contributed by atoms with Gasteiger partial charge >= 0.3 is 12.4 Å². The van der Waals surface area contributed by atoms with Crippen molar-refractivity contribution in [2.24, 2.45) is 5.73 Å². The first-order chi connectivity index (χ1) is 21.0. The first-order valence-corrected chi connectivity index (χ1v) is 13.8. The van der Waals surface area contributed by atoms with Crippen LogP contribution in [-0.4, -0.2) is 75.8 Å². The molecule has 2 bridgehead atoms. The number of amides is 1. The van der Waals surface area contributed by atoms with Crippen LogP contribution in [0.4, 0.5) is 32.2 Å². The Hall–Kier alpha value is -4.61. The fraction of sp³-hybridized carbons (Fsp3) is 0.444. The Morgan fingerprint density at radius 2 is 1.64 bits per heavy atom. The van der Waals surface area contributed by atoms with Gasteiger partial charge in [-0.15, -0.1) is 10.2 Å². The van der Waals surface area contributed by atoms with Gasteiger partial charge in [0, 0.05) is 35.3 Å². The Bertz CT molecular complexity index is 1790. The van der Waals surface area contributed by atoms with Gasteiger partial charge in [0.15, 0.2) is 11.4 Å². The number of anilines is 1. The van der Waals surface area contributed by atoms with E-state index in [0.29, 0.717) is 30.4 Å². The second-order valence-electron chi connectivity index (χ2n) is 11.4. The van der Waals surface area contributed by atoms with Crippen molar-refractivity contribution in [2.75, 3.05) is 5.73 Å². The minimum absolute atomic E-state index is 0.0311. The van der Waals surface area contributed by atoms with Gasteiger partial charge in [0.25, 0.3) is 11.4 Å². The fourth-order valence-electron chi connectivity index (χ4n) is 6.43. The number of carbonyl (C=O) groups excluding carboxylic acids is 2. The van der Waals surface area contributed by atoms with Crippen molar-refractivity contribution in [1.29, 1.82) is 0 Å². The lowest BCUT2D eigenvalue weighted by Crippen LogP contribution is -2.61. The number of aromatic amines is 1. The lowest BCUT2D eigenvalue weighted by atomic mass is 9.85. The highest BCUT2D eigenvalue weighted by Crippen LogP contribution is 2.48. The second kappa shape index (κ2) is 10.2. The van der Waals surface area contributed by atoms with Crippen LogP contribution in [0.5, 0.6) is 0 Å². The number of fused-ring (bicyclic) bond motifs is 3. The third kappa shape index (κ3) is 4.69. The van der Waals surface area contributed by atoms with E-state index in [-0.39, 0.29) is 63.7 Å². The molecule has 6 rings (SSSR count). The number of carbonyl (C=O) groups is 2. The first-order valence-electron chi connectivity index (χ1n) is 13.8. The molecule has 0 unspecified atom stereocenters. The molecule has 0 aromatic carbocycles. The zero-order valence-electron chi connectivity index (χ0n) is 23.7. The number of aromatic nitrogens is 7. The number of nitrogens with zero attached hydrogens (tertiary/aromatic N) is 7. The topological polar surface area (TPSA) is 174 Å². The van der Waals surface area contributed by atoms with Gasteiger partial charge in [0.05, 0.1) is 23.1 Å². The molecule has 45 heavy (non-hydrogen) atoms. The third-order valence-electron chi connectivity index (χ3n) is 8.59. The van der Waals surface area contributed by atoms with Crippen LogP contribution in [0, 0.1) is 6.92 Å². The van der Waals surface area contributed by atoms with Crippen LogP contribution < -0.4 is 11.5 Å². The van der Waals surface area contributed by atoms with Crippen molar-refractivity contribution in [2.45, 2.75) is 75.4 Å². The van der Waals surface area contributed by atoms with Crippen LogP contribution in [0.15, 0.2) is 24.5 Å². The molecule has 4 aromatic heterocycles. The molecule has 2 aliphatic rings. The maximum atomic E-state index is 13.5. The van der Waals surface area contributed by atoms with Gasteiger partial charge < -0.3 is 21.4 Å². The molecule has 0 saturated carbocycles. The van der Waals surface area contributed by atoms with E-state index in [9.17, 15) is 35.9 Å². The SMILES string of the molecule is CC(=O)c1c([C@@H]2C[C@H]3CC[C@@H](C2)N3C(=O)c2nnc(C)[nH]2)nc2c(-c3ccc(C(N)(C(F)(F)F)C(F)(F)F)nc3)cnn2c1N. The van der Waals surface area contributed by atoms with Gasteiger partial charge in [-0.25, -0.2) is 4.98 Å². The number of hydrogen-bond acceptors (Lipinski definition) is 9. The maximum absolute atomic E-state index is 13.5. The molecule has 0 radical (unpaired) electrons. The molecule has 2 saturated heterocycles. The first kappa shape index (κ1) is 30.4. The lowest BCUT2D eigenvalue weighted by Gasteiger charge is -2.38. The van der Waals surface area contributed by atoms with E-state index in [1.165, 1.54) is 17.6 Å². The molecule has 12 nitrogen and oxygen atoms in total. The normalized spacial score (nSPS) is 20.6. The van der Waals surface area contributed by atoms with Gasteiger partial charge in [-0.05, 0) is 45.6 Å². The molecule has 1 amide bonds. The van der Waals surface area contributed by atoms with Crippen molar-refractivity contribution in [3.05, 3.63) is 53.1 Å². The molecule has 5 N–H and O–H groups in total. The Balaban J connectivity index is 1.38. The molecule has 2 aliphatic heterocycles. The van der Waals surface area contributed by atoms with Crippen LogP contribution in [-0.2, 0) is 5.54 Å². The number of halogens is 6. The average Bonchev–Trinajstić information content (AvgIpc) is 3.66. The summed E-state index contributed by atoms with van der Waals surface area (Å²) in [5.74, 6) is -0.337. The minimum atomic E-state index is -5.87. The third-order valence-corrected chi connectivity index (χ3v) is 8.59. The number of pyridine rings is 1. The number of nitrogens with two attached hydrogens (primary N) is 2. The Labute approximate surface area is 250 Å². The molecule has 0 aliphatic carbocycles. The van der Waals surface area contributed by atoms with Crippen molar-refractivity contribution < 1.29 is 35.9 Å². The van der Waals surface area contributed by atoms with Gasteiger partial charge in [-0.1, -0.05) is 6.07 Å². The number of nitrogens with one attached hydrogen (secondary N) is 1. The van der Waals surface area contributed by atoms with E-state index in [1.807, 2.05) is 0 Å². The molecule has 6 heterocycles. The van der Waals surface area contributed by atoms with E-state index in [0.717, 1.165) is 25.1 Å². The van der Waals surface area contributed by atoms with Crippen LogP contribution in [0.3, 0.4) is 0 Å². The van der Waals surface area contributed by atoms with Crippen molar-refractivity contribution in [1.82, 2.24) is 39.7 Å². The predicted molar refractivity (Wildman–Crippen MR) is 145 cm³/mol. The summed E-state index contributed by atoms with van der Waals surface area (Å²) in [6.45, 7) is 3.02. The Morgan fingerprint density at radius 1 is 1.00 bits per heavy atom. The summed E-state index contributed by atoms with van der Waals surface area (Å²) in [5.41, 5.74) is 6.08. The summed E-state index contributed by atoms with van der Waals surface area (Å²) < 4.78 is 82.0. The van der Waals surface area contributed by atoms with Crippen LogP contribution in [0.25, 0.3) is 16.8 Å². The number of piperidine rings is 1. The van der Waals surface area contributed by atoms with E-state index in [4.69, 9.17) is 16.5 Å². The van der Waals surface area contributed by atoms with Crippen LogP contribution >= 0.6 is 0 Å². The monoisotopic (exact) mass is 636 g/mol. The van der Waals surface area contributed by atoms with E-state index >= 15 is 0 Å². The average molecular weight is 637 g/mol. The van der Waals surface area contributed by atoms with E-state index < -0.39 is 23.6 Å². The lowest BCUT2D eigenvalue weighted by molar-refractivity contribution is -0.303. The summed E-state index contributed by atoms with van der Waals surface area (Å²) in [6.07, 6.45) is -7.27. The van der Waals surface area contributed by atoms with Gasteiger partial charge in [0.1, 0.15) is 11.6 Å². The maximum Gasteiger partial charge on any atom is 0.421 e. The Morgan fingerprint density at radius 3 is 2.16 bits per heavy atom. The molecular formula is C27H26F6N10O2. The number of hydrogen-bond donors (Lipinski definition) is 3. The summed E-state index contributed by atoms with van der Waals surface area (Å²) in [6, 6.07) is 1.20. The highest BCUT2D eigenvalue weighted by molar-refractivity contribution is 6.00. The number of H-pyrrole nitrogens is 1. The largest absolute Gasteiger partial charge is 0.421 e. The van der Waals surface area contributed by atoms with Gasteiger partial charge in [-0.2, -0.15) is 36.0 Å². The smallest absolute Gasteiger partial charge is 0.383 e. The molecule has 2 fully saturated rings. The van der Waals surface area contributed by atoms with Crippen molar-refractivity contribution >= 4 is 23.2 Å². The quantitative estimate of drug-likeness (QED) is 0.217. The molecular weight excluding hydrogens is 610 g/mol. The van der Waals surface area contributed by atoms with Crippen LogP contribution in [0.2, 0.25) is 0 Å². The fourth-order valence-corrected chi connectivity index (χ4v) is 6.43. The highest BCUT2D eigenvalue weighted by atomic mass is 19.4. The molecule has 238 valence electrons. The van der Waals surface area contributed by atoms with Gasteiger partial charge in [0.2, 0.25) is 5.82 Å².